The Kier molecular flexibility index (Phi) is 10.5. The molecule has 274 valence electrons. The number of unbranched alkanes of at least 4 members (excludes halogenated alkanes) is 1. The molecule has 4 aliphatic rings. The van der Waals surface area contributed by atoms with E-state index in [0.29, 0.717) is 18.4 Å². The second-order valence-corrected chi connectivity index (χ2v) is 19.1. The first-order valence-corrected chi connectivity index (χ1v) is 20.7. The van der Waals surface area contributed by atoms with Crippen molar-refractivity contribution < 1.29 is 19.1 Å². The molecule has 4 aliphatic carbocycles. The number of esters is 2. The SMILES string of the molecule is CCCCOC(=O)C1(C)CCCC2(C)c3cc(Sc4cc5c(cc4C(C)C)CCC4C(C)(C(=O)OC)CCCC54C)c(C(C)C)cc3CCC12. The third-order valence-corrected chi connectivity index (χ3v) is 15.4. The molecule has 4 nitrogen and oxygen atoms in total. The van der Waals surface area contributed by atoms with E-state index in [-0.39, 0.29) is 34.6 Å². The summed E-state index contributed by atoms with van der Waals surface area (Å²) < 4.78 is 11.4. The zero-order valence-electron chi connectivity index (χ0n) is 32.9. The fraction of sp³-hybridized carbons (Fsp3) is 0.689. The van der Waals surface area contributed by atoms with Gasteiger partial charge in [-0.2, -0.15) is 0 Å². The van der Waals surface area contributed by atoms with Crippen molar-refractivity contribution in [3.63, 3.8) is 0 Å². The molecule has 2 aromatic rings. The third kappa shape index (κ3) is 6.07. The quantitative estimate of drug-likeness (QED) is 0.192. The average molecular weight is 701 g/mol. The predicted molar refractivity (Wildman–Crippen MR) is 205 cm³/mol. The lowest BCUT2D eigenvalue weighted by Gasteiger charge is -2.54. The molecule has 0 amide bonds. The minimum absolute atomic E-state index is 0.0205. The standard InChI is InChI=1S/C45H64O4S/c1-11-12-23-49-41(47)45(9)22-14-20-43(7)35-27-37(33(29(4)5)25-31(35)16-18-39(43)45)50-36-26-34-30(24-32(36)28(2)3)15-17-38-42(34,6)19-13-21-44(38,8)40(46)48-10/h24-29,38-39H,11-23H2,1-10H3. The number of carbonyl (C=O) groups is 2. The van der Waals surface area contributed by atoms with Crippen LogP contribution in [0.25, 0.3) is 0 Å². The smallest absolute Gasteiger partial charge is 0.312 e. The van der Waals surface area contributed by atoms with Gasteiger partial charge in [0.15, 0.2) is 0 Å². The topological polar surface area (TPSA) is 52.6 Å². The van der Waals surface area contributed by atoms with Gasteiger partial charge in [0, 0.05) is 9.79 Å². The van der Waals surface area contributed by atoms with Gasteiger partial charge in [0.25, 0.3) is 0 Å². The number of hydrogen-bond acceptors (Lipinski definition) is 5. The molecule has 6 rings (SSSR count). The van der Waals surface area contributed by atoms with Crippen molar-refractivity contribution in [1.82, 2.24) is 0 Å². The summed E-state index contributed by atoms with van der Waals surface area (Å²) in [4.78, 5) is 29.7. The van der Waals surface area contributed by atoms with E-state index < -0.39 is 10.8 Å². The molecule has 0 saturated heterocycles. The molecule has 6 atom stereocenters. The molecule has 2 fully saturated rings. The summed E-state index contributed by atoms with van der Waals surface area (Å²) in [6.45, 7) is 21.3. The lowest BCUT2D eigenvalue weighted by Crippen LogP contribution is -2.53. The number of carbonyl (C=O) groups excluding carboxylic acids is 2. The maximum atomic E-state index is 13.7. The van der Waals surface area contributed by atoms with E-state index in [1.807, 2.05) is 11.8 Å². The molecule has 0 heterocycles. The zero-order valence-corrected chi connectivity index (χ0v) is 33.7. The summed E-state index contributed by atoms with van der Waals surface area (Å²) in [6, 6.07) is 10.2. The van der Waals surface area contributed by atoms with Gasteiger partial charge in [-0.3, -0.25) is 9.59 Å². The zero-order chi connectivity index (χ0) is 36.2. The first-order valence-electron chi connectivity index (χ1n) is 19.9. The van der Waals surface area contributed by atoms with Crippen LogP contribution in [-0.2, 0) is 42.7 Å². The maximum absolute atomic E-state index is 13.7. The van der Waals surface area contributed by atoms with Crippen LogP contribution >= 0.6 is 11.8 Å². The van der Waals surface area contributed by atoms with E-state index in [4.69, 9.17) is 9.47 Å². The number of methoxy groups -OCH3 is 1. The molecular formula is C45H64O4S. The van der Waals surface area contributed by atoms with Crippen LogP contribution in [0.1, 0.15) is 172 Å². The van der Waals surface area contributed by atoms with E-state index in [0.717, 1.165) is 77.0 Å². The molecule has 0 radical (unpaired) electrons. The molecule has 0 aromatic heterocycles. The van der Waals surface area contributed by atoms with Crippen molar-refractivity contribution >= 4 is 23.7 Å². The molecule has 6 unspecified atom stereocenters. The van der Waals surface area contributed by atoms with Gasteiger partial charge in [0.05, 0.1) is 24.5 Å². The van der Waals surface area contributed by atoms with Crippen LogP contribution in [-0.4, -0.2) is 25.7 Å². The number of hydrogen-bond donors (Lipinski definition) is 0. The summed E-state index contributed by atoms with van der Waals surface area (Å²) in [5.41, 5.74) is 7.72. The van der Waals surface area contributed by atoms with E-state index in [2.05, 4.69) is 86.6 Å². The minimum Gasteiger partial charge on any atom is -0.469 e. The van der Waals surface area contributed by atoms with Gasteiger partial charge >= 0.3 is 11.9 Å². The molecule has 0 spiro atoms. The van der Waals surface area contributed by atoms with Gasteiger partial charge in [-0.1, -0.05) is 91.6 Å². The first-order chi connectivity index (χ1) is 23.6. The van der Waals surface area contributed by atoms with Crippen LogP contribution in [0.15, 0.2) is 34.1 Å². The van der Waals surface area contributed by atoms with Crippen molar-refractivity contribution in [2.24, 2.45) is 22.7 Å². The van der Waals surface area contributed by atoms with Crippen LogP contribution in [0.5, 0.6) is 0 Å². The van der Waals surface area contributed by atoms with Gasteiger partial charge in [-0.15, -0.1) is 0 Å². The molecule has 5 heteroatoms. The highest BCUT2D eigenvalue weighted by atomic mass is 32.2. The Morgan fingerprint density at radius 2 is 1.20 bits per heavy atom. The van der Waals surface area contributed by atoms with Crippen LogP contribution < -0.4 is 0 Å². The molecular weight excluding hydrogens is 637 g/mol. The third-order valence-electron chi connectivity index (χ3n) is 14.3. The maximum Gasteiger partial charge on any atom is 0.312 e. The molecule has 0 bridgehead atoms. The average Bonchev–Trinajstić information content (AvgIpc) is 3.07. The van der Waals surface area contributed by atoms with Crippen molar-refractivity contribution in [2.45, 2.75) is 172 Å². The number of rotatable bonds is 9. The minimum atomic E-state index is -0.449. The van der Waals surface area contributed by atoms with Gasteiger partial charge < -0.3 is 9.47 Å². The second-order valence-electron chi connectivity index (χ2n) is 18.0. The number of fused-ring (bicyclic) bond motifs is 6. The Balaban J connectivity index is 1.42. The Morgan fingerprint density at radius 1 is 0.740 bits per heavy atom. The van der Waals surface area contributed by atoms with Crippen molar-refractivity contribution in [1.29, 1.82) is 0 Å². The first kappa shape index (κ1) is 37.5. The highest BCUT2D eigenvalue weighted by molar-refractivity contribution is 7.99. The summed E-state index contributed by atoms with van der Waals surface area (Å²) in [5.74, 6) is 1.33. The van der Waals surface area contributed by atoms with Gasteiger partial charge in [0.2, 0.25) is 0 Å². The molecule has 50 heavy (non-hydrogen) atoms. The number of benzene rings is 2. The van der Waals surface area contributed by atoms with E-state index >= 15 is 0 Å². The van der Waals surface area contributed by atoms with Gasteiger partial charge in [-0.25, -0.2) is 0 Å². The molecule has 0 aliphatic heterocycles. The monoisotopic (exact) mass is 700 g/mol. The Morgan fingerprint density at radius 3 is 1.62 bits per heavy atom. The van der Waals surface area contributed by atoms with Crippen molar-refractivity contribution in [3.05, 3.63) is 57.6 Å². The lowest BCUT2D eigenvalue weighted by atomic mass is 9.49. The fourth-order valence-corrected chi connectivity index (χ4v) is 12.8. The van der Waals surface area contributed by atoms with Crippen molar-refractivity contribution in [3.8, 4) is 0 Å². The van der Waals surface area contributed by atoms with Gasteiger partial charge in [0.1, 0.15) is 0 Å². The molecule has 2 aromatic carbocycles. The molecule has 2 saturated carbocycles. The molecule has 0 N–H and O–H groups in total. The number of aryl methyl sites for hydroxylation is 2. The van der Waals surface area contributed by atoms with Crippen LogP contribution in [0.2, 0.25) is 0 Å². The Bertz CT molecular complexity index is 1630. The predicted octanol–water partition coefficient (Wildman–Crippen LogP) is 11.6. The normalized spacial score (nSPS) is 31.8. The van der Waals surface area contributed by atoms with Crippen LogP contribution in [0, 0.1) is 22.7 Å². The van der Waals surface area contributed by atoms with Crippen LogP contribution in [0.3, 0.4) is 0 Å². The Labute approximate surface area is 307 Å². The van der Waals surface area contributed by atoms with Crippen LogP contribution in [0.4, 0.5) is 0 Å². The largest absolute Gasteiger partial charge is 0.469 e. The van der Waals surface area contributed by atoms with E-state index in [1.54, 1.807) is 7.11 Å². The fourth-order valence-electron chi connectivity index (χ4n) is 11.4. The highest BCUT2D eigenvalue weighted by Crippen LogP contribution is 2.60. The summed E-state index contributed by atoms with van der Waals surface area (Å²) in [6.07, 6.45) is 12.2. The number of ether oxygens (including phenoxy) is 2. The van der Waals surface area contributed by atoms with Gasteiger partial charge in [-0.05, 0) is 152 Å². The summed E-state index contributed by atoms with van der Waals surface area (Å²) >= 11 is 1.97. The van der Waals surface area contributed by atoms with Crippen molar-refractivity contribution in [2.75, 3.05) is 13.7 Å². The van der Waals surface area contributed by atoms with E-state index in [1.165, 1.54) is 43.2 Å². The summed E-state index contributed by atoms with van der Waals surface area (Å²) in [7, 11) is 1.56. The Hall–Kier alpha value is -2.27. The summed E-state index contributed by atoms with van der Waals surface area (Å²) in [5, 5.41) is 0. The van der Waals surface area contributed by atoms with E-state index in [9.17, 15) is 9.59 Å². The second kappa shape index (κ2) is 13.9. The lowest BCUT2D eigenvalue weighted by molar-refractivity contribution is -0.164. The highest BCUT2D eigenvalue weighted by Gasteiger charge is 2.57.